The molecule has 0 bridgehead atoms. The highest BCUT2D eigenvalue weighted by Gasteiger charge is 2.21. The van der Waals surface area contributed by atoms with Gasteiger partial charge in [0.2, 0.25) is 5.91 Å². The largest absolute Gasteiger partial charge is 0.367 e. The number of aryl methyl sites for hydroxylation is 1. The maximum absolute atomic E-state index is 13.0. The lowest BCUT2D eigenvalue weighted by Gasteiger charge is -2.27. The molecule has 8 nitrogen and oxygen atoms in total. The highest BCUT2D eigenvalue weighted by Crippen LogP contribution is 2.31. The molecule has 3 N–H and O–H groups in total. The summed E-state index contributed by atoms with van der Waals surface area (Å²) in [6, 6.07) is 13.4. The predicted molar refractivity (Wildman–Crippen MR) is 169 cm³/mol. The second kappa shape index (κ2) is 17.0. The van der Waals surface area contributed by atoms with Crippen molar-refractivity contribution in [3.05, 3.63) is 70.5 Å². The van der Waals surface area contributed by atoms with Crippen LogP contribution in [0.25, 0.3) is 11.5 Å². The maximum atomic E-state index is 13.0. The molecule has 1 aliphatic rings. The van der Waals surface area contributed by atoms with Gasteiger partial charge in [0, 0.05) is 61.6 Å². The van der Waals surface area contributed by atoms with Crippen molar-refractivity contribution in [2.45, 2.75) is 65.8 Å². The number of rotatable bonds is 12. The Bertz CT molecular complexity index is 1220. The van der Waals surface area contributed by atoms with E-state index in [-0.39, 0.29) is 17.9 Å². The van der Waals surface area contributed by atoms with Crippen LogP contribution in [0.15, 0.2) is 48.7 Å². The van der Waals surface area contributed by atoms with E-state index >= 15 is 0 Å². The van der Waals surface area contributed by atoms with Crippen LogP contribution >= 0.6 is 11.6 Å². The van der Waals surface area contributed by atoms with Crippen LogP contribution in [-0.2, 0) is 4.79 Å². The van der Waals surface area contributed by atoms with Gasteiger partial charge in [-0.25, -0.2) is 9.97 Å². The molecular formula is C32H46ClN7O. The van der Waals surface area contributed by atoms with Crippen molar-refractivity contribution < 1.29 is 4.79 Å². The Morgan fingerprint density at radius 2 is 1.85 bits per heavy atom. The van der Waals surface area contributed by atoms with Gasteiger partial charge in [0.15, 0.2) is 5.82 Å². The number of aromatic nitrogens is 3. The van der Waals surface area contributed by atoms with Gasteiger partial charge < -0.3 is 20.9 Å². The minimum absolute atomic E-state index is 0.0608. The van der Waals surface area contributed by atoms with Gasteiger partial charge in [-0.05, 0) is 49.9 Å². The highest BCUT2D eigenvalue weighted by molar-refractivity contribution is 6.30. The van der Waals surface area contributed by atoms with Crippen LogP contribution in [0.3, 0.4) is 0 Å². The smallest absolute Gasteiger partial charge is 0.220 e. The van der Waals surface area contributed by atoms with E-state index in [0.29, 0.717) is 29.5 Å². The number of nitrogens with one attached hydrogen (secondary N) is 3. The number of amides is 1. The minimum atomic E-state index is -0.203. The molecule has 41 heavy (non-hydrogen) atoms. The van der Waals surface area contributed by atoms with Crippen molar-refractivity contribution >= 4 is 23.3 Å². The molecule has 2 aromatic heterocycles. The molecule has 3 aromatic rings. The van der Waals surface area contributed by atoms with Crippen LogP contribution in [0.5, 0.6) is 0 Å². The molecule has 0 radical (unpaired) electrons. The normalized spacial score (nSPS) is 14.9. The van der Waals surface area contributed by atoms with Crippen LogP contribution in [0.2, 0.25) is 5.02 Å². The SMILES string of the molecule is CC.CCC(C)c1c(C)nc(-c2cc(Cl)ccn2)nc1NCC(NC(=O)CCCN1CCNCC1)c1ccccc1. The number of carbonyl (C=O) groups is 1. The molecular weight excluding hydrogens is 534 g/mol. The Morgan fingerprint density at radius 1 is 1.12 bits per heavy atom. The zero-order chi connectivity index (χ0) is 29.6. The molecule has 1 saturated heterocycles. The fourth-order valence-electron chi connectivity index (χ4n) is 4.95. The molecule has 0 aliphatic carbocycles. The van der Waals surface area contributed by atoms with E-state index in [1.807, 2.05) is 39.0 Å². The Balaban J connectivity index is 0.00000226. The van der Waals surface area contributed by atoms with Gasteiger partial charge >= 0.3 is 0 Å². The van der Waals surface area contributed by atoms with Crippen molar-refractivity contribution in [1.29, 1.82) is 0 Å². The van der Waals surface area contributed by atoms with E-state index < -0.39 is 0 Å². The Kier molecular flexibility index (Phi) is 13.5. The summed E-state index contributed by atoms with van der Waals surface area (Å²) in [7, 11) is 0. The monoisotopic (exact) mass is 579 g/mol. The first kappa shape index (κ1) is 32.4. The van der Waals surface area contributed by atoms with Gasteiger partial charge in [0.1, 0.15) is 11.5 Å². The topological polar surface area (TPSA) is 95.1 Å². The van der Waals surface area contributed by atoms with Crippen molar-refractivity contribution in [1.82, 2.24) is 30.5 Å². The average molecular weight is 580 g/mol. The molecule has 9 heteroatoms. The summed E-state index contributed by atoms with van der Waals surface area (Å²) in [5.74, 6) is 1.62. The second-order valence-corrected chi connectivity index (χ2v) is 10.6. The molecule has 222 valence electrons. The molecule has 1 aliphatic heterocycles. The summed E-state index contributed by atoms with van der Waals surface area (Å²) in [5.41, 5.74) is 3.67. The Morgan fingerprint density at radius 3 is 2.54 bits per heavy atom. The lowest BCUT2D eigenvalue weighted by Crippen LogP contribution is -2.44. The number of pyridine rings is 1. The first-order valence-corrected chi connectivity index (χ1v) is 15.3. The number of halogens is 1. The predicted octanol–water partition coefficient (Wildman–Crippen LogP) is 5.99. The van der Waals surface area contributed by atoms with Crippen LogP contribution in [-0.4, -0.2) is 65.0 Å². The summed E-state index contributed by atoms with van der Waals surface area (Å²) in [6.07, 6.45) is 3.97. The van der Waals surface area contributed by atoms with E-state index in [2.05, 4.69) is 51.8 Å². The number of carbonyl (C=O) groups excluding carboxylic acids is 1. The van der Waals surface area contributed by atoms with E-state index in [1.165, 1.54) is 0 Å². The van der Waals surface area contributed by atoms with E-state index in [0.717, 1.165) is 68.2 Å². The van der Waals surface area contributed by atoms with Crippen LogP contribution in [0, 0.1) is 6.92 Å². The van der Waals surface area contributed by atoms with Crippen LogP contribution in [0.4, 0.5) is 5.82 Å². The fraction of sp³-hybridized carbons (Fsp3) is 0.500. The van der Waals surface area contributed by atoms with Crippen LogP contribution in [0.1, 0.15) is 75.7 Å². The average Bonchev–Trinajstić information content (AvgIpc) is 3.00. The fourth-order valence-corrected chi connectivity index (χ4v) is 5.11. The Hall–Kier alpha value is -3.07. The summed E-state index contributed by atoms with van der Waals surface area (Å²) >= 11 is 6.22. The van der Waals surface area contributed by atoms with Crippen molar-refractivity contribution in [3.63, 3.8) is 0 Å². The van der Waals surface area contributed by atoms with Gasteiger partial charge in [0.05, 0.1) is 6.04 Å². The van der Waals surface area contributed by atoms with Crippen molar-refractivity contribution in [3.8, 4) is 11.5 Å². The molecule has 1 aromatic carbocycles. The first-order chi connectivity index (χ1) is 19.9. The maximum Gasteiger partial charge on any atom is 0.220 e. The molecule has 0 spiro atoms. The first-order valence-electron chi connectivity index (χ1n) is 15.0. The lowest BCUT2D eigenvalue weighted by molar-refractivity contribution is -0.121. The molecule has 3 heterocycles. The molecule has 4 rings (SSSR count). The third kappa shape index (κ3) is 9.76. The number of nitrogens with zero attached hydrogens (tertiary/aromatic N) is 4. The van der Waals surface area contributed by atoms with Crippen LogP contribution < -0.4 is 16.0 Å². The molecule has 2 atom stereocenters. The summed E-state index contributed by atoms with van der Waals surface area (Å²) in [5, 5.41) is 10.8. The number of benzene rings is 1. The molecule has 1 amide bonds. The second-order valence-electron chi connectivity index (χ2n) is 10.2. The Labute approximate surface area is 250 Å². The minimum Gasteiger partial charge on any atom is -0.367 e. The standard InChI is InChI=1S/C30H40ClN7O.C2H6/c1-4-21(2)28-22(3)35-29(25-19-24(31)12-13-33-25)37-30(28)34-20-26(23-9-6-5-7-10-23)36-27(39)11-8-16-38-17-14-32-15-18-38;1-2/h5-7,9-10,12-13,19,21,26,32H,4,8,11,14-18,20H2,1-3H3,(H,36,39)(H,34,35,37);1-2H3. The lowest BCUT2D eigenvalue weighted by atomic mass is 9.97. The zero-order valence-electron chi connectivity index (χ0n) is 25.2. The van der Waals surface area contributed by atoms with Gasteiger partial charge in [-0.15, -0.1) is 0 Å². The van der Waals surface area contributed by atoms with Gasteiger partial charge in [-0.2, -0.15) is 0 Å². The third-order valence-corrected chi connectivity index (χ3v) is 7.53. The quantitative estimate of drug-likeness (QED) is 0.242. The molecule has 0 saturated carbocycles. The number of anilines is 1. The van der Waals surface area contributed by atoms with E-state index in [4.69, 9.17) is 21.6 Å². The van der Waals surface area contributed by atoms with E-state index in [1.54, 1.807) is 18.3 Å². The third-order valence-electron chi connectivity index (χ3n) is 7.29. The summed E-state index contributed by atoms with van der Waals surface area (Å²) < 4.78 is 0. The molecule has 1 fully saturated rings. The van der Waals surface area contributed by atoms with Gasteiger partial charge in [-0.1, -0.05) is 69.6 Å². The summed E-state index contributed by atoms with van der Waals surface area (Å²) in [4.78, 5) is 29.5. The molecule has 2 unspecified atom stereocenters. The number of piperazine rings is 1. The summed E-state index contributed by atoms with van der Waals surface area (Å²) in [6.45, 7) is 15.9. The van der Waals surface area contributed by atoms with Gasteiger partial charge in [0.25, 0.3) is 0 Å². The van der Waals surface area contributed by atoms with Crippen molar-refractivity contribution in [2.75, 3.05) is 44.6 Å². The number of hydrogen-bond acceptors (Lipinski definition) is 7. The highest BCUT2D eigenvalue weighted by atomic mass is 35.5. The number of hydrogen-bond donors (Lipinski definition) is 3. The zero-order valence-corrected chi connectivity index (χ0v) is 26.0. The van der Waals surface area contributed by atoms with Gasteiger partial charge in [-0.3, -0.25) is 9.78 Å². The van der Waals surface area contributed by atoms with E-state index in [9.17, 15) is 4.79 Å². The van der Waals surface area contributed by atoms with Crippen molar-refractivity contribution in [2.24, 2.45) is 0 Å².